The molecule has 26 heavy (non-hydrogen) atoms. The zero-order valence-electron chi connectivity index (χ0n) is 15.2. The van der Waals surface area contributed by atoms with Gasteiger partial charge in [0.1, 0.15) is 12.4 Å². The quantitative estimate of drug-likeness (QED) is 0.490. The van der Waals surface area contributed by atoms with Crippen LogP contribution in [0.15, 0.2) is 48.8 Å². The Morgan fingerprint density at radius 2 is 1.73 bits per heavy atom. The normalized spacial score (nSPS) is 15.8. The van der Waals surface area contributed by atoms with Crippen molar-refractivity contribution in [3.05, 3.63) is 48.8 Å². The molecule has 1 aliphatic carbocycles. The molecule has 4 nitrogen and oxygen atoms in total. The van der Waals surface area contributed by atoms with Gasteiger partial charge in [-0.05, 0) is 48.2 Å². The van der Waals surface area contributed by atoms with Gasteiger partial charge in [-0.3, -0.25) is 0 Å². The summed E-state index contributed by atoms with van der Waals surface area (Å²) in [5.41, 5.74) is 4.43. The van der Waals surface area contributed by atoms with Crippen LogP contribution in [0.1, 0.15) is 38.5 Å². The fraction of sp³-hybridized carbons (Fsp3) is 0.409. The number of aromatic nitrogens is 2. The molecule has 1 heterocycles. The van der Waals surface area contributed by atoms with Crippen molar-refractivity contribution in [2.75, 3.05) is 13.2 Å². The standard InChI is InChI=1S/C22H27N3O/c1-2-4-6-19(5-3-1)23-13-14-26-20-10-7-17(8-11-20)18-9-12-21-22(15-18)25-16-24-21/h7-12,15-16,19,23H,1-6,13-14H2,(H,24,25). The summed E-state index contributed by atoms with van der Waals surface area (Å²) in [6.07, 6.45) is 9.89. The first kappa shape index (κ1) is 17.1. The number of nitrogens with one attached hydrogen (secondary N) is 2. The van der Waals surface area contributed by atoms with Crippen LogP contribution >= 0.6 is 0 Å². The Morgan fingerprint density at radius 1 is 0.962 bits per heavy atom. The van der Waals surface area contributed by atoms with Gasteiger partial charge in [0.2, 0.25) is 0 Å². The third-order valence-corrected chi connectivity index (χ3v) is 5.27. The van der Waals surface area contributed by atoms with Crippen LogP contribution in [0.3, 0.4) is 0 Å². The molecule has 2 N–H and O–H groups in total. The molecule has 1 aromatic heterocycles. The van der Waals surface area contributed by atoms with Crippen LogP contribution in [-0.4, -0.2) is 29.2 Å². The summed E-state index contributed by atoms with van der Waals surface area (Å²) in [5.74, 6) is 0.930. The number of ether oxygens (including phenoxy) is 1. The van der Waals surface area contributed by atoms with Crippen LogP contribution in [0.2, 0.25) is 0 Å². The van der Waals surface area contributed by atoms with Gasteiger partial charge >= 0.3 is 0 Å². The van der Waals surface area contributed by atoms with Gasteiger partial charge < -0.3 is 15.0 Å². The molecular formula is C22H27N3O. The van der Waals surface area contributed by atoms with E-state index in [4.69, 9.17) is 4.74 Å². The number of hydrogen-bond acceptors (Lipinski definition) is 3. The van der Waals surface area contributed by atoms with E-state index >= 15 is 0 Å². The number of hydrogen-bond donors (Lipinski definition) is 2. The molecule has 1 fully saturated rings. The molecule has 0 amide bonds. The second-order valence-electron chi connectivity index (χ2n) is 7.15. The van der Waals surface area contributed by atoms with E-state index in [-0.39, 0.29) is 0 Å². The Hall–Kier alpha value is -2.33. The molecule has 0 bridgehead atoms. The van der Waals surface area contributed by atoms with Crippen molar-refractivity contribution in [2.24, 2.45) is 0 Å². The average molecular weight is 349 g/mol. The zero-order valence-corrected chi connectivity index (χ0v) is 15.2. The molecule has 136 valence electrons. The Labute approximate surface area is 155 Å². The number of rotatable bonds is 6. The highest BCUT2D eigenvalue weighted by Gasteiger charge is 2.10. The summed E-state index contributed by atoms with van der Waals surface area (Å²) in [6, 6.07) is 15.3. The van der Waals surface area contributed by atoms with Gasteiger partial charge in [0, 0.05) is 12.6 Å². The summed E-state index contributed by atoms with van der Waals surface area (Å²) in [5, 5.41) is 3.65. The van der Waals surface area contributed by atoms with E-state index in [1.165, 1.54) is 49.7 Å². The lowest BCUT2D eigenvalue weighted by atomic mass is 10.1. The Balaban J connectivity index is 1.28. The Kier molecular flexibility index (Phi) is 5.50. The van der Waals surface area contributed by atoms with Crippen LogP contribution in [0, 0.1) is 0 Å². The zero-order chi connectivity index (χ0) is 17.6. The molecule has 0 unspecified atom stereocenters. The molecule has 0 radical (unpaired) electrons. The number of fused-ring (bicyclic) bond motifs is 1. The van der Waals surface area contributed by atoms with Crippen molar-refractivity contribution < 1.29 is 4.74 Å². The predicted molar refractivity (Wildman–Crippen MR) is 107 cm³/mol. The van der Waals surface area contributed by atoms with Crippen LogP contribution in [-0.2, 0) is 0 Å². The summed E-state index contributed by atoms with van der Waals surface area (Å²) >= 11 is 0. The minimum Gasteiger partial charge on any atom is -0.492 e. The first-order valence-corrected chi connectivity index (χ1v) is 9.78. The first-order chi connectivity index (χ1) is 12.9. The lowest BCUT2D eigenvalue weighted by molar-refractivity contribution is 0.300. The van der Waals surface area contributed by atoms with E-state index < -0.39 is 0 Å². The fourth-order valence-electron chi connectivity index (χ4n) is 3.77. The predicted octanol–water partition coefficient (Wildman–Crippen LogP) is 4.92. The summed E-state index contributed by atoms with van der Waals surface area (Å²) in [4.78, 5) is 7.43. The summed E-state index contributed by atoms with van der Waals surface area (Å²) in [7, 11) is 0. The van der Waals surface area contributed by atoms with Gasteiger partial charge in [0.15, 0.2) is 0 Å². The number of benzene rings is 2. The largest absolute Gasteiger partial charge is 0.492 e. The molecule has 3 aromatic rings. The van der Waals surface area contributed by atoms with Gasteiger partial charge in [-0.2, -0.15) is 0 Å². The maximum Gasteiger partial charge on any atom is 0.119 e. The highest BCUT2D eigenvalue weighted by atomic mass is 16.5. The van der Waals surface area contributed by atoms with Crippen molar-refractivity contribution in [3.8, 4) is 16.9 Å². The molecule has 0 atom stereocenters. The maximum atomic E-state index is 5.90. The molecule has 1 saturated carbocycles. The third kappa shape index (κ3) is 4.25. The smallest absolute Gasteiger partial charge is 0.119 e. The second-order valence-corrected chi connectivity index (χ2v) is 7.15. The van der Waals surface area contributed by atoms with Crippen LogP contribution in [0.25, 0.3) is 22.2 Å². The van der Waals surface area contributed by atoms with Crippen LogP contribution in [0.4, 0.5) is 0 Å². The van der Waals surface area contributed by atoms with Crippen LogP contribution in [0.5, 0.6) is 5.75 Å². The minimum atomic E-state index is 0.681. The molecule has 0 aliphatic heterocycles. The molecule has 2 aromatic carbocycles. The number of aromatic amines is 1. The topological polar surface area (TPSA) is 49.9 Å². The summed E-state index contributed by atoms with van der Waals surface area (Å²) in [6.45, 7) is 1.64. The molecular weight excluding hydrogens is 322 g/mol. The highest BCUT2D eigenvalue weighted by molar-refractivity contribution is 5.81. The van der Waals surface area contributed by atoms with Gasteiger partial charge in [-0.1, -0.05) is 43.9 Å². The Morgan fingerprint density at radius 3 is 2.54 bits per heavy atom. The number of nitrogens with zero attached hydrogens (tertiary/aromatic N) is 1. The second kappa shape index (κ2) is 8.37. The molecule has 4 heteroatoms. The van der Waals surface area contributed by atoms with Crippen molar-refractivity contribution in [3.63, 3.8) is 0 Å². The van der Waals surface area contributed by atoms with Gasteiger partial charge in [0.05, 0.1) is 17.4 Å². The third-order valence-electron chi connectivity index (χ3n) is 5.27. The molecule has 1 aliphatic rings. The monoisotopic (exact) mass is 349 g/mol. The van der Waals surface area contributed by atoms with Crippen LogP contribution < -0.4 is 10.1 Å². The van der Waals surface area contributed by atoms with Crippen molar-refractivity contribution in [1.82, 2.24) is 15.3 Å². The van der Waals surface area contributed by atoms with Gasteiger partial charge in [-0.15, -0.1) is 0 Å². The lowest BCUT2D eigenvalue weighted by Gasteiger charge is -2.16. The Bertz CT molecular complexity index is 817. The number of H-pyrrole nitrogens is 1. The SMILES string of the molecule is c1nc2ccc(-c3ccc(OCCNC4CCCCCC4)cc3)cc2[nH]1. The molecule has 4 rings (SSSR count). The van der Waals surface area contributed by atoms with Gasteiger partial charge in [0.25, 0.3) is 0 Å². The van der Waals surface area contributed by atoms with Crippen molar-refractivity contribution >= 4 is 11.0 Å². The van der Waals surface area contributed by atoms with Crippen molar-refractivity contribution in [2.45, 2.75) is 44.6 Å². The van der Waals surface area contributed by atoms with E-state index in [2.05, 4.69) is 51.7 Å². The van der Waals surface area contributed by atoms with E-state index in [0.717, 1.165) is 29.9 Å². The van der Waals surface area contributed by atoms with E-state index in [1.807, 2.05) is 6.07 Å². The van der Waals surface area contributed by atoms with E-state index in [1.54, 1.807) is 6.33 Å². The van der Waals surface area contributed by atoms with Gasteiger partial charge in [-0.25, -0.2) is 4.98 Å². The summed E-state index contributed by atoms with van der Waals surface area (Å²) < 4.78 is 5.90. The van der Waals surface area contributed by atoms with Crippen molar-refractivity contribution in [1.29, 1.82) is 0 Å². The number of imidazole rings is 1. The molecule has 0 spiro atoms. The maximum absolute atomic E-state index is 5.90. The lowest BCUT2D eigenvalue weighted by Crippen LogP contribution is -2.32. The van der Waals surface area contributed by atoms with E-state index in [0.29, 0.717) is 6.04 Å². The fourth-order valence-corrected chi connectivity index (χ4v) is 3.77. The minimum absolute atomic E-state index is 0.681. The highest BCUT2D eigenvalue weighted by Crippen LogP contribution is 2.25. The van der Waals surface area contributed by atoms with E-state index in [9.17, 15) is 0 Å². The molecule has 0 saturated heterocycles. The average Bonchev–Trinajstić information content (AvgIpc) is 3.00. The first-order valence-electron chi connectivity index (χ1n) is 9.78.